The Morgan fingerprint density at radius 1 is 1.18 bits per heavy atom. The third kappa shape index (κ3) is 1.98. The highest BCUT2D eigenvalue weighted by atomic mass is 79.9. The molecule has 0 spiro atoms. The molecule has 0 fully saturated rings. The second kappa shape index (κ2) is 3.44. The molecule has 11 heavy (non-hydrogen) atoms. The van der Waals surface area contributed by atoms with Gasteiger partial charge in [-0.25, -0.2) is 0 Å². The lowest BCUT2D eigenvalue weighted by Gasteiger charge is -1.93. The Morgan fingerprint density at radius 2 is 1.64 bits per heavy atom. The molecule has 0 bridgehead atoms. The molecule has 0 saturated heterocycles. The van der Waals surface area contributed by atoms with Gasteiger partial charge in [0.05, 0.1) is 0 Å². The molecular formula is C8H4BrO2. The molecule has 0 N–H and O–H groups in total. The number of carbonyl (C=O) groups is 2. The Morgan fingerprint density at radius 3 is 2.00 bits per heavy atom. The van der Waals surface area contributed by atoms with Crippen LogP contribution >= 0.6 is 15.9 Å². The van der Waals surface area contributed by atoms with Gasteiger partial charge in [0.2, 0.25) is 0 Å². The van der Waals surface area contributed by atoms with Crippen LogP contribution in [-0.4, -0.2) is 12.6 Å². The van der Waals surface area contributed by atoms with Crippen LogP contribution in [-0.2, 0) is 0 Å². The molecule has 0 unspecified atom stereocenters. The Labute approximate surface area is 72.4 Å². The van der Waals surface area contributed by atoms with Crippen molar-refractivity contribution in [3.63, 3.8) is 0 Å². The minimum Gasteiger partial charge on any atom is -0.298 e. The average Bonchev–Trinajstić information content (AvgIpc) is 2.03. The van der Waals surface area contributed by atoms with Crippen LogP contribution < -0.4 is 0 Å². The summed E-state index contributed by atoms with van der Waals surface area (Å²) in [5, 5.41) is 0. The van der Waals surface area contributed by atoms with Crippen molar-refractivity contribution in [2.75, 3.05) is 0 Å². The lowest BCUT2D eigenvalue weighted by atomic mass is 10.1. The second-order valence-electron chi connectivity index (χ2n) is 1.94. The Bertz CT molecular complexity index is 268. The minimum atomic E-state index is 0.376. The van der Waals surface area contributed by atoms with Gasteiger partial charge in [-0.2, -0.15) is 0 Å². The van der Waals surface area contributed by atoms with E-state index in [0.717, 1.165) is 0 Å². The molecule has 0 aromatic heterocycles. The fraction of sp³-hybridized carbons (Fsp3) is 0. The summed E-state index contributed by atoms with van der Waals surface area (Å²) in [5.41, 5.74) is 0.753. The van der Waals surface area contributed by atoms with Crippen molar-refractivity contribution in [3.05, 3.63) is 33.8 Å². The highest BCUT2D eigenvalue weighted by Gasteiger charge is 1.96. The number of hydrogen-bond acceptors (Lipinski definition) is 2. The second-order valence-corrected chi connectivity index (χ2v) is 2.86. The molecule has 0 aliphatic carbocycles. The summed E-state index contributed by atoms with van der Waals surface area (Å²) in [6.45, 7) is 0. The smallest absolute Gasteiger partial charge is 0.150 e. The molecule has 0 aliphatic heterocycles. The van der Waals surface area contributed by atoms with E-state index in [-0.39, 0.29) is 0 Å². The molecule has 1 radical (unpaired) electrons. The van der Waals surface area contributed by atoms with Crippen molar-refractivity contribution in [3.8, 4) is 0 Å². The minimum absolute atomic E-state index is 0.376. The van der Waals surface area contributed by atoms with E-state index in [1.807, 2.05) is 0 Å². The van der Waals surface area contributed by atoms with Gasteiger partial charge in [0.25, 0.3) is 0 Å². The number of rotatable bonds is 2. The van der Waals surface area contributed by atoms with E-state index < -0.39 is 0 Å². The van der Waals surface area contributed by atoms with Crippen LogP contribution in [0.5, 0.6) is 0 Å². The van der Waals surface area contributed by atoms with Crippen LogP contribution in [0.3, 0.4) is 0 Å². The van der Waals surface area contributed by atoms with E-state index in [9.17, 15) is 9.59 Å². The summed E-state index contributed by atoms with van der Waals surface area (Å²) in [6.07, 6.45) is 1.30. The van der Waals surface area contributed by atoms with Crippen LogP contribution in [0.4, 0.5) is 0 Å². The topological polar surface area (TPSA) is 34.1 Å². The van der Waals surface area contributed by atoms with Gasteiger partial charge >= 0.3 is 0 Å². The monoisotopic (exact) mass is 211 g/mol. The van der Waals surface area contributed by atoms with Gasteiger partial charge in [-0.15, -0.1) is 0 Å². The molecule has 0 aliphatic rings. The highest BCUT2D eigenvalue weighted by molar-refractivity contribution is 9.10. The largest absolute Gasteiger partial charge is 0.298 e. The van der Waals surface area contributed by atoms with Crippen molar-refractivity contribution in [2.24, 2.45) is 0 Å². The molecule has 1 aromatic carbocycles. The number of hydrogen-bond donors (Lipinski definition) is 0. The molecular weight excluding hydrogens is 208 g/mol. The molecule has 0 amide bonds. The summed E-state index contributed by atoms with van der Waals surface area (Å²) in [7, 11) is 0. The predicted molar refractivity (Wildman–Crippen MR) is 43.8 cm³/mol. The molecule has 1 aromatic rings. The zero-order valence-electron chi connectivity index (χ0n) is 5.50. The summed E-state index contributed by atoms with van der Waals surface area (Å²) in [5.74, 6) is 0. The first-order chi connectivity index (χ1) is 5.26. The molecule has 2 nitrogen and oxygen atoms in total. The summed E-state index contributed by atoms with van der Waals surface area (Å²) in [6, 6.07) is 5.81. The van der Waals surface area contributed by atoms with Crippen LogP contribution in [0.2, 0.25) is 0 Å². The van der Waals surface area contributed by atoms with Crippen LogP contribution in [0.1, 0.15) is 20.7 Å². The van der Waals surface area contributed by atoms with Gasteiger partial charge in [-0.1, -0.05) is 15.9 Å². The van der Waals surface area contributed by atoms with Crippen LogP contribution in [0.15, 0.2) is 16.6 Å². The summed E-state index contributed by atoms with van der Waals surface area (Å²) in [4.78, 5) is 20.5. The Balaban J connectivity index is 3.21. The van der Waals surface area contributed by atoms with Crippen molar-refractivity contribution in [1.82, 2.24) is 0 Å². The zero-order chi connectivity index (χ0) is 8.27. The summed E-state index contributed by atoms with van der Waals surface area (Å²) < 4.78 is 0.709. The predicted octanol–water partition coefficient (Wildman–Crippen LogP) is 1.87. The van der Waals surface area contributed by atoms with E-state index in [2.05, 4.69) is 22.0 Å². The molecule has 55 valence electrons. The highest BCUT2D eigenvalue weighted by Crippen LogP contribution is 2.12. The molecule has 0 saturated carbocycles. The maximum absolute atomic E-state index is 10.3. The van der Waals surface area contributed by atoms with E-state index in [4.69, 9.17) is 0 Å². The van der Waals surface area contributed by atoms with Gasteiger partial charge in [-0.05, 0) is 12.1 Å². The van der Waals surface area contributed by atoms with E-state index in [0.29, 0.717) is 28.2 Å². The van der Waals surface area contributed by atoms with Crippen molar-refractivity contribution in [1.29, 1.82) is 0 Å². The van der Waals surface area contributed by atoms with Gasteiger partial charge in [0, 0.05) is 21.7 Å². The third-order valence-corrected chi connectivity index (χ3v) is 1.59. The maximum atomic E-state index is 10.3. The number of carbonyl (C=O) groups excluding carboxylic acids is 2. The molecule has 0 heterocycles. The van der Waals surface area contributed by atoms with Gasteiger partial charge in [-0.3, -0.25) is 9.59 Å². The maximum Gasteiger partial charge on any atom is 0.150 e. The first-order valence-corrected chi connectivity index (χ1v) is 3.69. The van der Waals surface area contributed by atoms with E-state index in [1.54, 1.807) is 12.1 Å². The number of aldehydes is 2. The van der Waals surface area contributed by atoms with Crippen LogP contribution in [0, 0.1) is 6.07 Å². The molecule has 1 rings (SSSR count). The Hall–Kier alpha value is -0.960. The van der Waals surface area contributed by atoms with E-state index in [1.165, 1.54) is 0 Å². The fourth-order valence-corrected chi connectivity index (χ4v) is 1.20. The Kier molecular flexibility index (Phi) is 2.54. The number of halogens is 1. The summed E-state index contributed by atoms with van der Waals surface area (Å²) >= 11 is 3.16. The zero-order valence-corrected chi connectivity index (χ0v) is 7.09. The van der Waals surface area contributed by atoms with Gasteiger partial charge in [0.1, 0.15) is 0 Å². The first-order valence-electron chi connectivity index (χ1n) is 2.89. The van der Waals surface area contributed by atoms with Crippen molar-refractivity contribution >= 4 is 28.5 Å². The van der Waals surface area contributed by atoms with Crippen LogP contribution in [0.25, 0.3) is 0 Å². The van der Waals surface area contributed by atoms with Gasteiger partial charge in [0.15, 0.2) is 12.6 Å². The molecule has 0 atom stereocenters. The lowest BCUT2D eigenvalue weighted by molar-refractivity contribution is 0.112. The van der Waals surface area contributed by atoms with Crippen molar-refractivity contribution in [2.45, 2.75) is 0 Å². The fourth-order valence-electron chi connectivity index (χ4n) is 0.705. The first kappa shape index (κ1) is 8.14. The standard InChI is InChI=1S/C8H4BrO2/c9-8-2-6(4-10)1-7(3-8)5-11/h2-5H. The van der Waals surface area contributed by atoms with Gasteiger partial charge < -0.3 is 0 Å². The van der Waals surface area contributed by atoms with Crippen molar-refractivity contribution < 1.29 is 9.59 Å². The normalized spacial score (nSPS) is 9.18. The third-order valence-electron chi connectivity index (χ3n) is 1.13. The average molecular weight is 212 g/mol. The molecule has 3 heteroatoms. The van der Waals surface area contributed by atoms with E-state index >= 15 is 0 Å². The SMILES string of the molecule is O=Cc1[c]c(C=O)cc(Br)c1. The lowest BCUT2D eigenvalue weighted by Crippen LogP contribution is -1.85. The quantitative estimate of drug-likeness (QED) is 0.701. The number of benzene rings is 1.